The van der Waals surface area contributed by atoms with Gasteiger partial charge in [-0.05, 0) is 24.1 Å². The maximum atomic E-state index is 12.9. The molecule has 0 fully saturated rings. The quantitative estimate of drug-likeness (QED) is 0.748. The highest BCUT2D eigenvalue weighted by Crippen LogP contribution is 2.56. The lowest BCUT2D eigenvalue weighted by Crippen LogP contribution is -2.49. The first kappa shape index (κ1) is 19.3. The van der Waals surface area contributed by atoms with Gasteiger partial charge in [0.15, 0.2) is 23.0 Å². The summed E-state index contributed by atoms with van der Waals surface area (Å²) in [4.78, 5) is 17.2. The average Bonchev–Trinajstić information content (AvgIpc) is 3.40. The average molecular weight is 425 g/mol. The molecule has 1 N–H and O–H groups in total. The van der Waals surface area contributed by atoms with E-state index in [1.807, 2.05) is 6.07 Å². The summed E-state index contributed by atoms with van der Waals surface area (Å²) in [5, 5.41) is 3.36. The number of carbonyl (C=O) groups is 1. The molecule has 0 saturated carbocycles. The summed E-state index contributed by atoms with van der Waals surface area (Å²) in [5.41, 5.74) is 1.12. The Morgan fingerprint density at radius 1 is 1.16 bits per heavy atom. The number of carbonyl (C=O) groups excluding carboxylic acids is 1. The van der Waals surface area contributed by atoms with Crippen molar-refractivity contribution in [2.24, 2.45) is 0 Å². The van der Waals surface area contributed by atoms with Crippen LogP contribution in [0.5, 0.6) is 28.7 Å². The van der Waals surface area contributed by atoms with E-state index in [-0.39, 0.29) is 12.4 Å². The van der Waals surface area contributed by atoms with Crippen molar-refractivity contribution in [2.45, 2.75) is 18.2 Å². The summed E-state index contributed by atoms with van der Waals surface area (Å²) in [6, 6.07) is 5.37. The van der Waals surface area contributed by atoms with Crippen LogP contribution in [0.2, 0.25) is 0 Å². The third-order valence-corrected chi connectivity index (χ3v) is 5.95. The first-order chi connectivity index (χ1) is 15.1. The number of benzene rings is 2. The fraction of sp³-hybridized carbons (Fsp3) is 0.364. The molecular formula is C22H21N2O7+. The second-order valence-corrected chi connectivity index (χ2v) is 7.30. The summed E-state index contributed by atoms with van der Waals surface area (Å²) >= 11 is 0. The van der Waals surface area contributed by atoms with Gasteiger partial charge in [0, 0.05) is 12.1 Å². The molecule has 31 heavy (non-hydrogen) atoms. The standard InChI is InChI=1S/C22H21N2O7/c1-23-22(20-12-5-6-13(26-2)17(27-3)15(12)21(25)31-20)16-11(7-8-24-22)9-14-18(19(16)28-4)30-10-29-14/h1,5-6,9,20,24H,7-8,10H2,2-4H3/q+1/t20-,22+/m0/s1. The fourth-order valence-corrected chi connectivity index (χ4v) is 4.66. The number of cyclic esters (lactones) is 1. The molecule has 9 heteroatoms. The Morgan fingerprint density at radius 3 is 2.68 bits per heavy atom. The number of esters is 1. The van der Waals surface area contributed by atoms with Crippen molar-refractivity contribution in [1.82, 2.24) is 5.32 Å². The Bertz CT molecular complexity index is 1140. The minimum absolute atomic E-state index is 0.0903. The lowest BCUT2D eigenvalue weighted by atomic mass is 9.81. The zero-order chi connectivity index (χ0) is 21.8. The van der Waals surface area contributed by atoms with Crippen LogP contribution in [0.3, 0.4) is 0 Å². The second-order valence-electron chi connectivity index (χ2n) is 7.30. The van der Waals surface area contributed by atoms with Gasteiger partial charge in [0.05, 0.1) is 21.3 Å². The van der Waals surface area contributed by atoms with E-state index in [2.05, 4.69) is 10.2 Å². The number of rotatable bonds is 4. The van der Waals surface area contributed by atoms with E-state index in [1.54, 1.807) is 12.1 Å². The Balaban J connectivity index is 1.75. The third kappa shape index (κ3) is 2.48. The molecule has 160 valence electrons. The van der Waals surface area contributed by atoms with Crippen LogP contribution in [0.4, 0.5) is 0 Å². The van der Waals surface area contributed by atoms with Crippen LogP contribution in [0.1, 0.15) is 33.2 Å². The lowest BCUT2D eigenvalue weighted by molar-refractivity contribution is 0.0148. The Hall–Kier alpha value is -3.64. The van der Waals surface area contributed by atoms with Gasteiger partial charge in [0.25, 0.3) is 6.57 Å². The molecule has 0 spiro atoms. The summed E-state index contributed by atoms with van der Waals surface area (Å²) in [6.45, 7) is 6.66. The molecule has 2 aromatic carbocycles. The van der Waals surface area contributed by atoms with Crippen molar-refractivity contribution in [3.8, 4) is 35.3 Å². The Kier molecular flexibility index (Phi) is 4.34. The summed E-state index contributed by atoms with van der Waals surface area (Å²) in [7, 11) is 4.51. The van der Waals surface area contributed by atoms with Crippen LogP contribution < -0.4 is 29.0 Å². The normalized spacial score (nSPS) is 22.8. The maximum absolute atomic E-state index is 12.9. The van der Waals surface area contributed by atoms with Crippen LogP contribution in [0.15, 0.2) is 18.2 Å². The fourth-order valence-electron chi connectivity index (χ4n) is 4.66. The van der Waals surface area contributed by atoms with E-state index in [9.17, 15) is 4.79 Å². The maximum Gasteiger partial charge on any atom is 0.405 e. The number of hydrogen-bond donors (Lipinski definition) is 1. The van der Waals surface area contributed by atoms with Gasteiger partial charge in [-0.1, -0.05) is 10.9 Å². The van der Waals surface area contributed by atoms with E-state index >= 15 is 0 Å². The molecule has 3 aliphatic rings. The molecule has 0 unspecified atom stereocenters. The van der Waals surface area contributed by atoms with E-state index in [4.69, 9.17) is 35.0 Å². The van der Waals surface area contributed by atoms with Gasteiger partial charge in [0.2, 0.25) is 18.6 Å². The monoisotopic (exact) mass is 425 g/mol. The zero-order valence-electron chi connectivity index (χ0n) is 17.3. The van der Waals surface area contributed by atoms with Crippen molar-refractivity contribution in [1.29, 1.82) is 0 Å². The molecule has 0 bridgehead atoms. The molecule has 0 aliphatic carbocycles. The highest BCUT2D eigenvalue weighted by Gasteiger charge is 2.62. The molecule has 9 nitrogen and oxygen atoms in total. The molecule has 3 aliphatic heterocycles. The van der Waals surface area contributed by atoms with Crippen LogP contribution in [0.25, 0.3) is 4.85 Å². The minimum atomic E-state index is -1.31. The van der Waals surface area contributed by atoms with Gasteiger partial charge < -0.3 is 28.4 Å². The van der Waals surface area contributed by atoms with Crippen LogP contribution in [-0.2, 0) is 16.8 Å². The van der Waals surface area contributed by atoms with Crippen molar-refractivity contribution in [3.05, 3.63) is 45.3 Å². The number of ether oxygens (including phenoxy) is 6. The van der Waals surface area contributed by atoms with Gasteiger partial charge in [-0.15, -0.1) is 0 Å². The van der Waals surface area contributed by atoms with Gasteiger partial charge in [-0.3, -0.25) is 0 Å². The molecular weight excluding hydrogens is 404 g/mol. The third-order valence-electron chi connectivity index (χ3n) is 5.95. The van der Waals surface area contributed by atoms with E-state index in [0.29, 0.717) is 52.8 Å². The molecule has 3 heterocycles. The van der Waals surface area contributed by atoms with Crippen molar-refractivity contribution >= 4 is 5.97 Å². The highest BCUT2D eigenvalue weighted by molar-refractivity contribution is 5.98. The smallest absolute Gasteiger partial charge is 0.405 e. The van der Waals surface area contributed by atoms with E-state index in [0.717, 1.165) is 5.56 Å². The van der Waals surface area contributed by atoms with Crippen molar-refractivity contribution in [2.75, 3.05) is 34.7 Å². The minimum Gasteiger partial charge on any atom is -0.493 e. The summed E-state index contributed by atoms with van der Waals surface area (Å²) < 4.78 is 33.6. The second kappa shape index (κ2) is 6.96. The SMILES string of the molecule is C#[N+][C@@]1([C@H]2OC(=O)c3c2ccc(OC)c3OC)NCCc2cc3c(c(OC)c21)OCO3. The summed E-state index contributed by atoms with van der Waals surface area (Å²) in [5.74, 6) is 1.68. The Morgan fingerprint density at radius 2 is 1.97 bits per heavy atom. The summed E-state index contributed by atoms with van der Waals surface area (Å²) in [6.07, 6.45) is -0.188. The van der Waals surface area contributed by atoms with Crippen LogP contribution >= 0.6 is 0 Å². The van der Waals surface area contributed by atoms with Crippen LogP contribution in [-0.4, -0.2) is 40.6 Å². The molecule has 5 rings (SSSR count). The number of nitrogens with one attached hydrogen (secondary N) is 1. The lowest BCUT2D eigenvalue weighted by Gasteiger charge is -2.32. The van der Waals surface area contributed by atoms with Gasteiger partial charge >= 0.3 is 11.6 Å². The first-order valence-corrected chi connectivity index (χ1v) is 9.72. The predicted molar refractivity (Wildman–Crippen MR) is 109 cm³/mol. The Labute approximate surface area is 178 Å². The number of nitrogens with zero attached hydrogens (tertiary/aromatic N) is 1. The highest BCUT2D eigenvalue weighted by atomic mass is 16.7. The molecule has 2 atom stereocenters. The number of fused-ring (bicyclic) bond motifs is 3. The van der Waals surface area contributed by atoms with Gasteiger partial charge in [0.1, 0.15) is 11.1 Å². The molecule has 0 aromatic heterocycles. The van der Waals surface area contributed by atoms with Crippen molar-refractivity contribution in [3.63, 3.8) is 0 Å². The largest absolute Gasteiger partial charge is 0.493 e. The molecule has 2 aromatic rings. The molecule has 0 amide bonds. The van der Waals surface area contributed by atoms with Gasteiger partial charge in [-0.2, -0.15) is 0 Å². The number of hydrogen-bond acceptors (Lipinski definition) is 8. The van der Waals surface area contributed by atoms with Gasteiger partial charge in [-0.25, -0.2) is 10.1 Å². The molecule has 0 radical (unpaired) electrons. The van der Waals surface area contributed by atoms with Crippen molar-refractivity contribution < 1.29 is 33.2 Å². The van der Waals surface area contributed by atoms with Crippen LogP contribution in [0, 0.1) is 6.57 Å². The first-order valence-electron chi connectivity index (χ1n) is 9.72. The van der Waals surface area contributed by atoms with E-state index in [1.165, 1.54) is 21.3 Å². The number of methoxy groups -OCH3 is 3. The topological polar surface area (TPSA) is 88.8 Å². The van der Waals surface area contributed by atoms with E-state index < -0.39 is 17.7 Å². The molecule has 0 saturated heterocycles. The predicted octanol–water partition coefficient (Wildman–Crippen LogP) is 2.61. The zero-order valence-corrected chi connectivity index (χ0v) is 17.3.